The monoisotopic (exact) mass is 465 g/mol. The molecule has 31 heavy (non-hydrogen) atoms. The van der Waals surface area contributed by atoms with Crippen LogP contribution in [0.2, 0.25) is 0 Å². The van der Waals surface area contributed by atoms with E-state index in [1.165, 1.54) is 36.7 Å². The normalized spacial score (nSPS) is 12.2. The van der Waals surface area contributed by atoms with Crippen LogP contribution in [0.4, 0.5) is 10.8 Å². The summed E-state index contributed by atoms with van der Waals surface area (Å²) < 4.78 is 42.2. The second-order valence-electron chi connectivity index (χ2n) is 6.13. The number of hydrogen-bond acceptors (Lipinski definition) is 10. The van der Waals surface area contributed by atoms with Gasteiger partial charge in [0.2, 0.25) is 0 Å². The van der Waals surface area contributed by atoms with Crippen LogP contribution in [0.25, 0.3) is 0 Å². The Morgan fingerprint density at radius 3 is 2.29 bits per heavy atom. The Bertz CT molecular complexity index is 1100. The predicted octanol–water partition coefficient (Wildman–Crippen LogP) is 2.65. The van der Waals surface area contributed by atoms with Crippen LogP contribution in [0.15, 0.2) is 63.6 Å². The first kappa shape index (κ1) is 22.3. The number of carbonyl (C=O) groups is 2. The number of ether oxygens (including phenoxy) is 2. The summed E-state index contributed by atoms with van der Waals surface area (Å²) in [4.78, 5) is 28.5. The van der Waals surface area contributed by atoms with Crippen molar-refractivity contribution < 1.29 is 31.9 Å². The number of furan rings is 1. The van der Waals surface area contributed by atoms with Gasteiger partial charge in [-0.1, -0.05) is 0 Å². The van der Waals surface area contributed by atoms with Crippen LogP contribution in [0.3, 0.4) is 0 Å². The van der Waals surface area contributed by atoms with Crippen LogP contribution < -0.4 is 10.0 Å². The number of aromatic nitrogens is 1. The Labute approximate surface area is 182 Å². The zero-order chi connectivity index (χ0) is 22.4. The van der Waals surface area contributed by atoms with E-state index in [1.54, 1.807) is 17.5 Å². The lowest BCUT2D eigenvalue weighted by molar-refractivity contribution is -0.159. The molecule has 2 N–H and O–H groups in total. The molecule has 1 atom stereocenters. The first-order valence-corrected chi connectivity index (χ1v) is 11.2. The summed E-state index contributed by atoms with van der Waals surface area (Å²) >= 11 is 1.16. The first-order valence-electron chi connectivity index (χ1n) is 8.83. The van der Waals surface area contributed by atoms with Gasteiger partial charge in [0.25, 0.3) is 10.0 Å². The third kappa shape index (κ3) is 5.22. The van der Waals surface area contributed by atoms with Crippen molar-refractivity contribution in [3.8, 4) is 0 Å². The maximum atomic E-state index is 12.5. The van der Waals surface area contributed by atoms with Gasteiger partial charge in [-0.2, -0.15) is 0 Å². The minimum absolute atomic E-state index is 0.0142. The van der Waals surface area contributed by atoms with Gasteiger partial charge in [-0.15, -0.1) is 11.3 Å². The van der Waals surface area contributed by atoms with Crippen molar-refractivity contribution >= 4 is 44.1 Å². The quantitative estimate of drug-likeness (QED) is 0.361. The summed E-state index contributed by atoms with van der Waals surface area (Å²) in [5.74, 6) is -2.68. The van der Waals surface area contributed by atoms with E-state index in [9.17, 15) is 18.0 Å². The minimum Gasteiger partial charge on any atom is -0.468 e. The molecule has 0 aliphatic heterocycles. The maximum absolute atomic E-state index is 12.5. The largest absolute Gasteiger partial charge is 0.468 e. The fourth-order valence-corrected chi connectivity index (χ4v) is 4.56. The molecule has 2 heterocycles. The van der Waals surface area contributed by atoms with Crippen molar-refractivity contribution in [2.45, 2.75) is 10.9 Å². The SMILES string of the molecule is COC(=O)C(C(=O)OC)[C@H](Nc1ccc(S(=O)(=O)Nc2nccs2)cc1)c1ccco1. The molecule has 0 saturated heterocycles. The first-order chi connectivity index (χ1) is 14.9. The van der Waals surface area contributed by atoms with E-state index >= 15 is 0 Å². The highest BCUT2D eigenvalue weighted by Crippen LogP contribution is 2.30. The highest BCUT2D eigenvalue weighted by Gasteiger charge is 2.39. The number of methoxy groups -OCH3 is 2. The maximum Gasteiger partial charge on any atom is 0.322 e. The number of hydrogen-bond donors (Lipinski definition) is 2. The van der Waals surface area contributed by atoms with Gasteiger partial charge in [-0.3, -0.25) is 14.3 Å². The fourth-order valence-electron chi connectivity index (χ4n) is 2.77. The number of rotatable bonds is 9. The van der Waals surface area contributed by atoms with Crippen molar-refractivity contribution in [1.82, 2.24) is 4.98 Å². The third-order valence-electron chi connectivity index (χ3n) is 4.23. The van der Waals surface area contributed by atoms with Gasteiger partial charge in [-0.25, -0.2) is 13.4 Å². The van der Waals surface area contributed by atoms with Crippen molar-refractivity contribution in [2.75, 3.05) is 24.3 Å². The Hall–Kier alpha value is -3.38. The lowest BCUT2D eigenvalue weighted by atomic mass is 9.97. The minimum atomic E-state index is -3.82. The van der Waals surface area contributed by atoms with E-state index in [4.69, 9.17) is 13.9 Å². The van der Waals surface area contributed by atoms with Gasteiger partial charge in [0.05, 0.1) is 25.4 Å². The number of nitrogens with zero attached hydrogens (tertiary/aromatic N) is 1. The number of benzene rings is 1. The predicted molar refractivity (Wildman–Crippen MR) is 112 cm³/mol. The molecule has 0 spiro atoms. The summed E-state index contributed by atoms with van der Waals surface area (Å²) in [5.41, 5.74) is 0.437. The summed E-state index contributed by atoms with van der Waals surface area (Å²) in [5, 5.41) is 4.92. The Kier molecular flexibility index (Phi) is 6.92. The standard InChI is InChI=1S/C19H19N3O7S2/c1-27-17(23)15(18(24)28-2)16(14-4-3-10-29-14)21-12-5-7-13(8-6-12)31(25,26)22-19-20-9-11-30-19/h3-11,15-16,21H,1-2H3,(H,20,22)/t16-/m1/s1. The zero-order valence-electron chi connectivity index (χ0n) is 16.5. The molecule has 12 heteroatoms. The molecular formula is C19H19N3O7S2. The molecule has 0 saturated carbocycles. The van der Waals surface area contributed by atoms with Crippen LogP contribution in [-0.2, 0) is 29.1 Å². The number of anilines is 2. The lowest BCUT2D eigenvalue weighted by Crippen LogP contribution is -2.35. The Morgan fingerprint density at radius 2 is 1.77 bits per heavy atom. The van der Waals surface area contributed by atoms with Gasteiger partial charge < -0.3 is 19.2 Å². The Morgan fingerprint density at radius 1 is 1.10 bits per heavy atom. The summed E-state index contributed by atoms with van der Waals surface area (Å²) in [6.07, 6.45) is 2.89. The lowest BCUT2D eigenvalue weighted by Gasteiger charge is -2.24. The average molecular weight is 466 g/mol. The number of thiazole rings is 1. The van der Waals surface area contributed by atoms with Gasteiger partial charge in [-0.05, 0) is 36.4 Å². The second kappa shape index (κ2) is 9.62. The molecule has 0 aliphatic rings. The van der Waals surface area contributed by atoms with E-state index < -0.39 is 33.9 Å². The molecule has 164 valence electrons. The third-order valence-corrected chi connectivity index (χ3v) is 6.41. The highest BCUT2D eigenvalue weighted by molar-refractivity contribution is 7.93. The molecule has 1 aromatic carbocycles. The molecule has 3 aromatic rings. The summed E-state index contributed by atoms with van der Waals surface area (Å²) in [6, 6.07) is 8.00. The molecule has 0 aliphatic carbocycles. The Balaban J connectivity index is 1.86. The molecule has 0 radical (unpaired) electrons. The van der Waals surface area contributed by atoms with Crippen LogP contribution >= 0.6 is 11.3 Å². The topological polar surface area (TPSA) is 137 Å². The van der Waals surface area contributed by atoms with Crippen molar-refractivity contribution in [1.29, 1.82) is 0 Å². The van der Waals surface area contributed by atoms with E-state index in [0.29, 0.717) is 11.4 Å². The number of sulfonamides is 1. The highest BCUT2D eigenvalue weighted by atomic mass is 32.2. The van der Waals surface area contributed by atoms with E-state index in [-0.39, 0.29) is 10.0 Å². The van der Waals surface area contributed by atoms with Crippen LogP contribution in [0.1, 0.15) is 11.8 Å². The number of carbonyl (C=O) groups excluding carboxylic acids is 2. The zero-order valence-corrected chi connectivity index (χ0v) is 18.1. The molecule has 0 unspecified atom stereocenters. The van der Waals surface area contributed by atoms with E-state index in [0.717, 1.165) is 25.6 Å². The fraction of sp³-hybridized carbons (Fsp3) is 0.211. The van der Waals surface area contributed by atoms with Crippen molar-refractivity contribution in [3.63, 3.8) is 0 Å². The van der Waals surface area contributed by atoms with Gasteiger partial charge >= 0.3 is 11.9 Å². The van der Waals surface area contributed by atoms with E-state index in [2.05, 4.69) is 15.0 Å². The molecule has 3 rings (SSSR count). The number of nitrogens with one attached hydrogen (secondary N) is 2. The molecule has 0 fully saturated rings. The summed E-state index contributed by atoms with van der Waals surface area (Å²) in [6.45, 7) is 0. The molecule has 0 amide bonds. The van der Waals surface area contributed by atoms with Gasteiger partial charge in [0, 0.05) is 17.3 Å². The van der Waals surface area contributed by atoms with Crippen LogP contribution in [0, 0.1) is 5.92 Å². The second-order valence-corrected chi connectivity index (χ2v) is 8.71. The van der Waals surface area contributed by atoms with Crippen LogP contribution in [0.5, 0.6) is 0 Å². The molecule has 2 aromatic heterocycles. The van der Waals surface area contributed by atoms with Gasteiger partial charge in [0.1, 0.15) is 11.8 Å². The number of esters is 2. The summed E-state index contributed by atoms with van der Waals surface area (Å²) in [7, 11) is -1.50. The van der Waals surface area contributed by atoms with Crippen molar-refractivity contribution in [3.05, 3.63) is 60.0 Å². The molecular weight excluding hydrogens is 446 g/mol. The van der Waals surface area contributed by atoms with Crippen LogP contribution in [-0.4, -0.2) is 39.6 Å². The average Bonchev–Trinajstić information content (AvgIpc) is 3.47. The van der Waals surface area contributed by atoms with Crippen molar-refractivity contribution in [2.24, 2.45) is 5.92 Å². The molecule has 10 nitrogen and oxygen atoms in total. The smallest absolute Gasteiger partial charge is 0.322 e. The van der Waals surface area contributed by atoms with E-state index in [1.807, 2.05) is 0 Å². The van der Waals surface area contributed by atoms with Gasteiger partial charge in [0.15, 0.2) is 11.0 Å². The molecule has 0 bridgehead atoms.